The minimum Gasteiger partial charge on any atom is -0.490 e. The van der Waals surface area contributed by atoms with Crippen molar-refractivity contribution in [2.24, 2.45) is 0 Å². The normalized spacial score (nSPS) is 12.9. The second kappa shape index (κ2) is 11.2. The van der Waals surface area contributed by atoms with Crippen LogP contribution in [0.25, 0.3) is 0 Å². The molecule has 0 spiro atoms. The van der Waals surface area contributed by atoms with Gasteiger partial charge in [0.1, 0.15) is 0 Å². The van der Waals surface area contributed by atoms with E-state index in [0.29, 0.717) is 12.4 Å². The summed E-state index contributed by atoms with van der Waals surface area (Å²) in [5.41, 5.74) is 0. The summed E-state index contributed by atoms with van der Waals surface area (Å²) in [6, 6.07) is 11.2. The van der Waals surface area contributed by atoms with Gasteiger partial charge in [-0.05, 0) is 30.7 Å². The van der Waals surface area contributed by atoms with Gasteiger partial charge in [0.25, 0.3) is 0 Å². The quantitative estimate of drug-likeness (QED) is 0.318. The number of unbranched alkanes of at least 4 members (excludes halogenated alkanes) is 4. The summed E-state index contributed by atoms with van der Waals surface area (Å²) in [5, 5.41) is 0.201. The molecular formula is C20H26ClO6P. The number of methoxy groups -OCH3 is 1. The highest BCUT2D eigenvalue weighted by molar-refractivity contribution is 7.48. The summed E-state index contributed by atoms with van der Waals surface area (Å²) in [6.45, 7) is 2.69. The van der Waals surface area contributed by atoms with Gasteiger partial charge in [-0.1, -0.05) is 62.4 Å². The van der Waals surface area contributed by atoms with Crippen LogP contribution in [0.4, 0.5) is 0 Å². The summed E-state index contributed by atoms with van der Waals surface area (Å²) in [6.07, 6.45) is 5.58. The van der Waals surface area contributed by atoms with E-state index in [9.17, 15) is 9.46 Å². The zero-order valence-electron chi connectivity index (χ0n) is 16.1. The molecule has 0 saturated heterocycles. The second-order valence-corrected chi connectivity index (χ2v) is 7.84. The molecule has 2 aromatic carbocycles. The van der Waals surface area contributed by atoms with E-state index in [1.54, 1.807) is 30.3 Å². The predicted molar refractivity (Wildman–Crippen MR) is 110 cm³/mol. The number of hydrogen-bond donors (Lipinski definition) is 1. The number of hydrogen-bond acceptors (Lipinski definition) is 5. The Morgan fingerprint density at radius 3 is 2.29 bits per heavy atom. The minimum absolute atomic E-state index is 0.0452. The topological polar surface area (TPSA) is 74.2 Å². The zero-order valence-corrected chi connectivity index (χ0v) is 17.7. The molecule has 0 saturated carbocycles. The Labute approximate surface area is 171 Å². The number of benzene rings is 2. The van der Waals surface area contributed by atoms with Crippen molar-refractivity contribution in [3.05, 3.63) is 47.5 Å². The first-order valence-electron chi connectivity index (χ1n) is 9.23. The molecule has 8 heteroatoms. The SMILES string of the molecule is CCCCCCCOc1cccc(OP(=O)(O)Oc2ccccc2Cl)c1OC. The molecule has 1 N–H and O–H groups in total. The summed E-state index contributed by atoms with van der Waals surface area (Å²) in [4.78, 5) is 10.1. The van der Waals surface area contributed by atoms with Crippen molar-refractivity contribution in [2.75, 3.05) is 13.7 Å². The number of phosphoric acid groups is 1. The van der Waals surface area contributed by atoms with E-state index in [0.717, 1.165) is 12.8 Å². The van der Waals surface area contributed by atoms with E-state index in [2.05, 4.69) is 6.92 Å². The molecule has 0 amide bonds. The summed E-state index contributed by atoms with van der Waals surface area (Å²) >= 11 is 5.96. The maximum absolute atomic E-state index is 12.4. The number of phosphoric ester groups is 1. The molecule has 0 radical (unpaired) electrons. The lowest BCUT2D eigenvalue weighted by Crippen LogP contribution is -2.03. The van der Waals surface area contributed by atoms with Crippen molar-refractivity contribution in [3.63, 3.8) is 0 Å². The Hall–Kier alpha value is -1.88. The second-order valence-electron chi connectivity index (χ2n) is 6.13. The lowest BCUT2D eigenvalue weighted by Gasteiger charge is -2.18. The third-order valence-electron chi connectivity index (χ3n) is 3.92. The van der Waals surface area contributed by atoms with Crippen molar-refractivity contribution in [1.82, 2.24) is 0 Å². The van der Waals surface area contributed by atoms with E-state index in [1.807, 2.05) is 0 Å². The van der Waals surface area contributed by atoms with Crippen molar-refractivity contribution < 1.29 is 28.0 Å². The molecule has 6 nitrogen and oxygen atoms in total. The molecule has 154 valence electrons. The van der Waals surface area contributed by atoms with Gasteiger partial charge in [0, 0.05) is 0 Å². The van der Waals surface area contributed by atoms with E-state index >= 15 is 0 Å². The van der Waals surface area contributed by atoms with Crippen LogP contribution in [-0.2, 0) is 4.57 Å². The van der Waals surface area contributed by atoms with Crippen LogP contribution in [-0.4, -0.2) is 18.6 Å². The standard InChI is InChI=1S/C20H26ClO6P/c1-3-4-5-6-9-15-25-18-13-10-14-19(20(18)24-2)27-28(22,23)26-17-12-8-7-11-16(17)21/h7-8,10-14H,3-6,9,15H2,1-2H3,(H,22,23). The monoisotopic (exact) mass is 428 g/mol. The Balaban J connectivity index is 2.04. The van der Waals surface area contributed by atoms with Crippen molar-refractivity contribution in [1.29, 1.82) is 0 Å². The Bertz CT molecular complexity index is 798. The molecule has 2 rings (SSSR count). The highest BCUT2D eigenvalue weighted by atomic mass is 35.5. The van der Waals surface area contributed by atoms with Crippen LogP contribution in [0.5, 0.6) is 23.0 Å². The summed E-state index contributed by atoms with van der Waals surface area (Å²) in [7, 11) is -3.05. The van der Waals surface area contributed by atoms with Crippen LogP contribution < -0.4 is 18.5 Å². The van der Waals surface area contributed by atoms with Gasteiger partial charge in [0.15, 0.2) is 17.2 Å². The molecule has 0 aromatic heterocycles. The average Bonchev–Trinajstić information content (AvgIpc) is 2.66. The number of ether oxygens (including phenoxy) is 2. The first-order chi connectivity index (χ1) is 13.5. The highest BCUT2D eigenvalue weighted by Gasteiger charge is 2.28. The number of para-hydroxylation sites is 2. The minimum atomic E-state index is -4.49. The maximum Gasteiger partial charge on any atom is 0.585 e. The van der Waals surface area contributed by atoms with Crippen molar-refractivity contribution in [2.45, 2.75) is 39.0 Å². The first-order valence-corrected chi connectivity index (χ1v) is 11.1. The third-order valence-corrected chi connectivity index (χ3v) is 5.08. The van der Waals surface area contributed by atoms with Crippen LogP contribution in [0.1, 0.15) is 39.0 Å². The van der Waals surface area contributed by atoms with Gasteiger partial charge >= 0.3 is 7.82 Å². The average molecular weight is 429 g/mol. The fraction of sp³-hybridized carbons (Fsp3) is 0.400. The molecular weight excluding hydrogens is 403 g/mol. The Kier molecular flexibility index (Phi) is 8.97. The van der Waals surface area contributed by atoms with Crippen LogP contribution in [0.15, 0.2) is 42.5 Å². The molecule has 1 atom stereocenters. The van der Waals surface area contributed by atoms with Crippen LogP contribution >= 0.6 is 19.4 Å². The van der Waals surface area contributed by atoms with Gasteiger partial charge < -0.3 is 18.5 Å². The molecule has 0 aliphatic carbocycles. The lowest BCUT2D eigenvalue weighted by atomic mass is 10.2. The van der Waals surface area contributed by atoms with E-state index in [1.165, 1.54) is 38.5 Å². The fourth-order valence-electron chi connectivity index (χ4n) is 2.56. The van der Waals surface area contributed by atoms with E-state index in [4.69, 9.17) is 30.1 Å². The van der Waals surface area contributed by atoms with Crippen LogP contribution in [0.3, 0.4) is 0 Å². The summed E-state index contributed by atoms with van der Waals surface area (Å²) < 4.78 is 33.8. The van der Waals surface area contributed by atoms with Gasteiger partial charge in [-0.2, -0.15) is 0 Å². The van der Waals surface area contributed by atoms with Gasteiger partial charge in [-0.25, -0.2) is 4.57 Å². The molecule has 0 heterocycles. The first kappa shape index (κ1) is 22.4. The largest absolute Gasteiger partial charge is 0.585 e. The lowest BCUT2D eigenvalue weighted by molar-refractivity contribution is 0.267. The Morgan fingerprint density at radius 1 is 0.929 bits per heavy atom. The van der Waals surface area contributed by atoms with Crippen LogP contribution in [0.2, 0.25) is 5.02 Å². The maximum atomic E-state index is 12.4. The van der Waals surface area contributed by atoms with Crippen molar-refractivity contribution >= 4 is 19.4 Å². The predicted octanol–water partition coefficient (Wildman–Crippen LogP) is 6.26. The highest BCUT2D eigenvalue weighted by Crippen LogP contribution is 2.50. The van der Waals surface area contributed by atoms with Gasteiger partial charge in [0.05, 0.1) is 18.7 Å². The Morgan fingerprint density at radius 2 is 1.57 bits per heavy atom. The fourth-order valence-corrected chi connectivity index (χ4v) is 3.62. The van der Waals surface area contributed by atoms with Gasteiger partial charge in [0.2, 0.25) is 5.75 Å². The molecule has 0 aliphatic heterocycles. The molecule has 0 fully saturated rings. The van der Waals surface area contributed by atoms with E-state index in [-0.39, 0.29) is 22.3 Å². The third kappa shape index (κ3) is 6.93. The molecule has 2 aromatic rings. The number of rotatable bonds is 12. The van der Waals surface area contributed by atoms with Crippen LogP contribution in [0, 0.1) is 0 Å². The van der Waals surface area contributed by atoms with E-state index < -0.39 is 7.82 Å². The zero-order chi connectivity index (χ0) is 20.4. The molecule has 0 aliphatic rings. The number of halogens is 1. The smallest absolute Gasteiger partial charge is 0.490 e. The van der Waals surface area contributed by atoms with Crippen molar-refractivity contribution in [3.8, 4) is 23.0 Å². The van der Waals surface area contributed by atoms with Gasteiger partial charge in [-0.15, -0.1) is 0 Å². The van der Waals surface area contributed by atoms with Gasteiger partial charge in [-0.3, -0.25) is 4.89 Å². The molecule has 28 heavy (non-hydrogen) atoms. The molecule has 1 unspecified atom stereocenters. The molecule has 0 bridgehead atoms. The summed E-state index contributed by atoms with van der Waals surface area (Å²) in [5.74, 6) is 0.763.